The van der Waals surface area contributed by atoms with E-state index in [1.54, 1.807) is 16.3 Å². The SMILES string of the molecule is O=C(Cc1nn2c(C(F)(F)F)cc(-c3cc(Br)cs3)nc2c1Br)N1CCCCC1. The number of rotatable bonds is 3. The number of alkyl halides is 3. The van der Waals surface area contributed by atoms with Gasteiger partial charge in [0.15, 0.2) is 11.3 Å². The van der Waals surface area contributed by atoms with Crippen LogP contribution in [0.2, 0.25) is 0 Å². The maximum absolute atomic E-state index is 13.7. The summed E-state index contributed by atoms with van der Waals surface area (Å²) in [4.78, 5) is 19.3. The first kappa shape index (κ1) is 20.8. The number of piperidine rings is 1. The van der Waals surface area contributed by atoms with Crippen LogP contribution in [0.3, 0.4) is 0 Å². The molecule has 3 aromatic heterocycles. The number of hydrogen-bond acceptors (Lipinski definition) is 4. The Balaban J connectivity index is 1.78. The minimum absolute atomic E-state index is 0.0424. The number of thiophene rings is 1. The van der Waals surface area contributed by atoms with Crippen LogP contribution in [0.25, 0.3) is 16.2 Å². The molecule has 0 aromatic carbocycles. The second-order valence-corrected chi connectivity index (χ2v) is 9.39. The van der Waals surface area contributed by atoms with Crippen molar-refractivity contribution in [3.63, 3.8) is 0 Å². The number of hydrogen-bond donors (Lipinski definition) is 0. The van der Waals surface area contributed by atoms with E-state index in [0.29, 0.717) is 22.4 Å². The first-order chi connectivity index (χ1) is 13.7. The summed E-state index contributed by atoms with van der Waals surface area (Å²) in [6, 6.07) is 2.70. The molecular weight excluding hydrogens is 537 g/mol. The Hall–Kier alpha value is -1.46. The Morgan fingerprint density at radius 2 is 1.90 bits per heavy atom. The van der Waals surface area contributed by atoms with Gasteiger partial charge in [0.1, 0.15) is 0 Å². The van der Waals surface area contributed by atoms with Gasteiger partial charge in [-0.1, -0.05) is 0 Å². The van der Waals surface area contributed by atoms with Crippen molar-refractivity contribution in [2.45, 2.75) is 31.9 Å². The zero-order valence-electron chi connectivity index (χ0n) is 15.0. The molecule has 3 aromatic rings. The molecule has 0 saturated carbocycles. The first-order valence-electron chi connectivity index (χ1n) is 8.91. The van der Waals surface area contributed by atoms with Gasteiger partial charge < -0.3 is 4.90 Å². The van der Waals surface area contributed by atoms with E-state index in [0.717, 1.165) is 34.3 Å². The Morgan fingerprint density at radius 1 is 1.17 bits per heavy atom. The Morgan fingerprint density at radius 3 is 2.52 bits per heavy atom. The van der Waals surface area contributed by atoms with Crippen LogP contribution in [0.5, 0.6) is 0 Å². The summed E-state index contributed by atoms with van der Waals surface area (Å²) in [5.41, 5.74) is -0.432. The lowest BCUT2D eigenvalue weighted by Gasteiger charge is -2.26. The minimum atomic E-state index is -4.62. The lowest BCUT2D eigenvalue weighted by Crippen LogP contribution is -2.36. The molecule has 1 fully saturated rings. The summed E-state index contributed by atoms with van der Waals surface area (Å²) in [7, 11) is 0. The molecule has 0 bridgehead atoms. The molecule has 1 aliphatic rings. The van der Waals surface area contributed by atoms with Crippen LogP contribution in [0.15, 0.2) is 26.5 Å². The van der Waals surface area contributed by atoms with Crippen LogP contribution in [-0.2, 0) is 17.4 Å². The smallest absolute Gasteiger partial charge is 0.342 e. The van der Waals surface area contributed by atoms with Crippen LogP contribution in [0.1, 0.15) is 30.7 Å². The first-order valence-corrected chi connectivity index (χ1v) is 11.4. The van der Waals surface area contributed by atoms with Gasteiger partial charge in [0.2, 0.25) is 5.91 Å². The van der Waals surface area contributed by atoms with Crippen molar-refractivity contribution in [2.24, 2.45) is 0 Å². The van der Waals surface area contributed by atoms with E-state index in [-0.39, 0.29) is 29.4 Å². The average Bonchev–Trinajstić information content (AvgIpc) is 3.25. The number of amides is 1. The normalized spacial score (nSPS) is 15.3. The van der Waals surface area contributed by atoms with Gasteiger partial charge >= 0.3 is 6.18 Å². The average molecular weight is 552 g/mol. The summed E-state index contributed by atoms with van der Waals surface area (Å²) >= 11 is 7.93. The molecule has 154 valence electrons. The van der Waals surface area contributed by atoms with E-state index in [1.807, 2.05) is 0 Å². The molecule has 0 atom stereocenters. The van der Waals surface area contributed by atoms with Gasteiger partial charge in [0.25, 0.3) is 0 Å². The van der Waals surface area contributed by atoms with Crippen molar-refractivity contribution in [3.05, 3.63) is 37.8 Å². The highest BCUT2D eigenvalue weighted by Gasteiger charge is 2.36. The molecule has 0 spiro atoms. The molecule has 0 N–H and O–H groups in total. The van der Waals surface area contributed by atoms with Crippen LogP contribution in [0, 0.1) is 0 Å². The van der Waals surface area contributed by atoms with Crippen LogP contribution in [-0.4, -0.2) is 38.5 Å². The quantitative estimate of drug-likeness (QED) is 0.428. The highest BCUT2D eigenvalue weighted by Crippen LogP contribution is 2.36. The van der Waals surface area contributed by atoms with E-state index in [9.17, 15) is 18.0 Å². The van der Waals surface area contributed by atoms with Crippen molar-refractivity contribution >= 4 is 54.8 Å². The van der Waals surface area contributed by atoms with Gasteiger partial charge in [-0.25, -0.2) is 9.50 Å². The van der Waals surface area contributed by atoms with Gasteiger partial charge in [-0.15, -0.1) is 11.3 Å². The van der Waals surface area contributed by atoms with Crippen LogP contribution < -0.4 is 0 Å². The lowest BCUT2D eigenvalue weighted by molar-refractivity contribution is -0.142. The molecule has 0 aliphatic carbocycles. The standard InChI is InChI=1S/C18H15Br2F3N4OS/c19-10-6-13(29-9-10)11-7-14(18(21,22)23)27-17(24-11)16(20)12(25-27)8-15(28)26-4-2-1-3-5-26/h6-7,9H,1-5,8H2. The fourth-order valence-corrected chi connectivity index (χ4v) is 5.19. The van der Waals surface area contributed by atoms with Crippen molar-refractivity contribution < 1.29 is 18.0 Å². The predicted molar refractivity (Wildman–Crippen MR) is 111 cm³/mol. The Kier molecular flexibility index (Phi) is 5.73. The number of halogens is 5. The number of fused-ring (bicyclic) bond motifs is 1. The van der Waals surface area contributed by atoms with E-state index in [4.69, 9.17) is 0 Å². The molecule has 1 amide bonds. The van der Waals surface area contributed by atoms with Crippen molar-refractivity contribution in [2.75, 3.05) is 13.1 Å². The Labute approximate surface area is 185 Å². The van der Waals surface area contributed by atoms with Crippen molar-refractivity contribution in [3.8, 4) is 10.6 Å². The van der Waals surface area contributed by atoms with Crippen LogP contribution in [0.4, 0.5) is 13.2 Å². The largest absolute Gasteiger partial charge is 0.433 e. The molecule has 5 nitrogen and oxygen atoms in total. The fourth-order valence-electron chi connectivity index (χ4n) is 3.32. The van der Waals surface area contributed by atoms with E-state index < -0.39 is 11.9 Å². The van der Waals surface area contributed by atoms with Gasteiger partial charge in [-0.05, 0) is 63.3 Å². The number of likely N-dealkylation sites (tertiary alicyclic amines) is 1. The number of carbonyl (C=O) groups is 1. The lowest BCUT2D eigenvalue weighted by atomic mass is 10.1. The van der Waals surface area contributed by atoms with E-state index in [2.05, 4.69) is 41.9 Å². The number of aromatic nitrogens is 3. The fraction of sp³-hybridized carbons (Fsp3) is 0.389. The maximum atomic E-state index is 13.7. The van der Waals surface area contributed by atoms with Crippen LogP contribution >= 0.6 is 43.2 Å². The molecule has 29 heavy (non-hydrogen) atoms. The monoisotopic (exact) mass is 550 g/mol. The summed E-state index contributed by atoms with van der Waals surface area (Å²) in [6.45, 7) is 1.35. The van der Waals surface area contributed by atoms with Gasteiger partial charge in [-0.2, -0.15) is 18.3 Å². The second-order valence-electron chi connectivity index (χ2n) is 6.77. The highest BCUT2D eigenvalue weighted by molar-refractivity contribution is 9.11. The minimum Gasteiger partial charge on any atom is -0.342 e. The maximum Gasteiger partial charge on any atom is 0.433 e. The molecule has 4 heterocycles. The molecule has 0 unspecified atom stereocenters. The van der Waals surface area contributed by atoms with Gasteiger partial charge in [0.05, 0.1) is 27.2 Å². The van der Waals surface area contributed by atoms with Gasteiger partial charge in [0, 0.05) is 22.9 Å². The summed E-state index contributed by atoms with van der Waals surface area (Å²) < 4.78 is 43.0. The second kappa shape index (κ2) is 7.99. The zero-order valence-corrected chi connectivity index (χ0v) is 19.0. The van der Waals surface area contributed by atoms with E-state index >= 15 is 0 Å². The molecule has 0 radical (unpaired) electrons. The third kappa shape index (κ3) is 4.22. The number of nitrogens with zero attached hydrogens (tertiary/aromatic N) is 4. The third-order valence-electron chi connectivity index (χ3n) is 4.74. The number of carbonyl (C=O) groups excluding carboxylic acids is 1. The molecular formula is C18H15Br2F3N4OS. The summed E-state index contributed by atoms with van der Waals surface area (Å²) in [5, 5.41) is 5.87. The van der Waals surface area contributed by atoms with Crippen molar-refractivity contribution in [1.29, 1.82) is 0 Å². The summed E-state index contributed by atoms with van der Waals surface area (Å²) in [5.74, 6) is -0.134. The highest BCUT2D eigenvalue weighted by atomic mass is 79.9. The topological polar surface area (TPSA) is 50.5 Å². The van der Waals surface area contributed by atoms with Gasteiger partial charge in [-0.3, -0.25) is 4.79 Å². The molecule has 1 aliphatic heterocycles. The molecule has 11 heteroatoms. The van der Waals surface area contributed by atoms with Crippen molar-refractivity contribution in [1.82, 2.24) is 19.5 Å². The third-order valence-corrected chi connectivity index (χ3v) is 7.26. The molecule has 4 rings (SSSR count). The Bertz CT molecular complexity index is 1070. The predicted octanol–water partition coefficient (Wildman–Crippen LogP) is 5.56. The zero-order chi connectivity index (χ0) is 20.8. The molecule has 1 saturated heterocycles. The summed E-state index contributed by atoms with van der Waals surface area (Å²) in [6.07, 6.45) is -1.72. The van der Waals surface area contributed by atoms with E-state index in [1.165, 1.54) is 11.3 Å².